The Morgan fingerprint density at radius 1 is 1.33 bits per heavy atom. The van der Waals surface area contributed by atoms with Crippen LogP contribution in [-0.4, -0.2) is 17.9 Å². The first-order chi connectivity index (χ1) is 5.83. The van der Waals surface area contributed by atoms with Crippen molar-refractivity contribution in [3.63, 3.8) is 0 Å². The number of allylic oxidation sites excluding steroid dienone is 1. The van der Waals surface area contributed by atoms with E-state index in [9.17, 15) is 4.79 Å². The van der Waals surface area contributed by atoms with Crippen molar-refractivity contribution >= 4 is 5.78 Å². The third kappa shape index (κ3) is 1.12. The largest absolute Gasteiger partial charge is 0.298 e. The SMILES string of the molecule is O=C1CCC=CCC12C=CCN2. The topological polar surface area (TPSA) is 29.1 Å². The molecule has 12 heavy (non-hydrogen) atoms. The van der Waals surface area contributed by atoms with Crippen LogP contribution in [0, 0.1) is 0 Å². The molecule has 64 valence electrons. The molecule has 0 saturated heterocycles. The van der Waals surface area contributed by atoms with E-state index in [4.69, 9.17) is 0 Å². The fraction of sp³-hybridized carbons (Fsp3) is 0.500. The van der Waals surface area contributed by atoms with Gasteiger partial charge >= 0.3 is 0 Å². The summed E-state index contributed by atoms with van der Waals surface area (Å²) in [5.41, 5.74) is -0.340. The summed E-state index contributed by atoms with van der Waals surface area (Å²) in [7, 11) is 0. The molecule has 0 bridgehead atoms. The molecule has 1 aliphatic heterocycles. The van der Waals surface area contributed by atoms with Crippen molar-refractivity contribution in [3.8, 4) is 0 Å². The molecule has 2 nitrogen and oxygen atoms in total. The van der Waals surface area contributed by atoms with E-state index in [-0.39, 0.29) is 5.54 Å². The Bertz CT molecular complexity index is 255. The Morgan fingerprint density at radius 2 is 2.25 bits per heavy atom. The van der Waals surface area contributed by atoms with Crippen molar-refractivity contribution in [1.29, 1.82) is 0 Å². The fourth-order valence-electron chi connectivity index (χ4n) is 1.83. The quantitative estimate of drug-likeness (QED) is 0.543. The van der Waals surface area contributed by atoms with Crippen molar-refractivity contribution in [3.05, 3.63) is 24.3 Å². The van der Waals surface area contributed by atoms with E-state index in [1.807, 2.05) is 12.2 Å². The van der Waals surface area contributed by atoms with Gasteiger partial charge < -0.3 is 0 Å². The standard InChI is InChI=1S/C10H13NO/c12-9-5-2-1-3-6-10(9)7-4-8-11-10/h1,3-4,7,11H,2,5-6,8H2. The van der Waals surface area contributed by atoms with Crippen LogP contribution >= 0.6 is 0 Å². The van der Waals surface area contributed by atoms with Crippen LogP contribution < -0.4 is 5.32 Å². The Kier molecular flexibility index (Phi) is 1.85. The molecule has 0 aromatic carbocycles. The fourth-order valence-corrected chi connectivity index (χ4v) is 1.83. The maximum atomic E-state index is 11.7. The van der Waals surface area contributed by atoms with Crippen molar-refractivity contribution in [2.24, 2.45) is 0 Å². The second-order valence-electron chi connectivity index (χ2n) is 3.39. The monoisotopic (exact) mass is 163 g/mol. The molecular weight excluding hydrogens is 150 g/mol. The molecule has 1 N–H and O–H groups in total. The molecule has 0 fully saturated rings. The van der Waals surface area contributed by atoms with Gasteiger partial charge in [-0.25, -0.2) is 0 Å². The Balaban J connectivity index is 2.25. The van der Waals surface area contributed by atoms with Crippen LogP contribution in [0.2, 0.25) is 0 Å². The zero-order valence-electron chi connectivity index (χ0n) is 7.05. The maximum Gasteiger partial charge on any atom is 0.157 e. The number of carbonyl (C=O) groups excluding carboxylic acids is 1. The number of carbonyl (C=O) groups is 1. The third-order valence-electron chi connectivity index (χ3n) is 2.58. The van der Waals surface area contributed by atoms with Crippen LogP contribution in [0.1, 0.15) is 19.3 Å². The molecule has 0 aromatic heterocycles. The molecule has 0 amide bonds. The molecule has 2 heteroatoms. The van der Waals surface area contributed by atoms with Gasteiger partial charge in [-0.15, -0.1) is 0 Å². The van der Waals surface area contributed by atoms with Gasteiger partial charge in [0.05, 0.1) is 5.54 Å². The Hall–Kier alpha value is -0.890. The molecule has 0 radical (unpaired) electrons. The lowest BCUT2D eigenvalue weighted by Gasteiger charge is -2.23. The van der Waals surface area contributed by atoms with Gasteiger partial charge in [0, 0.05) is 13.0 Å². The summed E-state index contributed by atoms with van der Waals surface area (Å²) in [4.78, 5) is 11.7. The van der Waals surface area contributed by atoms with E-state index >= 15 is 0 Å². The minimum atomic E-state index is -0.340. The van der Waals surface area contributed by atoms with E-state index in [2.05, 4.69) is 17.5 Å². The summed E-state index contributed by atoms with van der Waals surface area (Å²) < 4.78 is 0. The molecule has 1 heterocycles. The highest BCUT2D eigenvalue weighted by molar-refractivity contribution is 5.91. The highest BCUT2D eigenvalue weighted by Gasteiger charge is 2.35. The lowest BCUT2D eigenvalue weighted by atomic mass is 9.91. The lowest BCUT2D eigenvalue weighted by molar-refractivity contribution is -0.123. The van der Waals surface area contributed by atoms with Gasteiger partial charge in [-0.2, -0.15) is 0 Å². The maximum absolute atomic E-state index is 11.7. The zero-order valence-corrected chi connectivity index (χ0v) is 7.05. The van der Waals surface area contributed by atoms with Gasteiger partial charge in [0.25, 0.3) is 0 Å². The molecule has 1 unspecified atom stereocenters. The number of ketones is 1. The number of hydrogen-bond donors (Lipinski definition) is 1. The highest BCUT2D eigenvalue weighted by atomic mass is 16.1. The first kappa shape index (κ1) is 7.74. The Morgan fingerprint density at radius 3 is 3.00 bits per heavy atom. The third-order valence-corrected chi connectivity index (χ3v) is 2.58. The average Bonchev–Trinajstić information content (AvgIpc) is 2.45. The summed E-state index contributed by atoms with van der Waals surface area (Å²) in [5, 5.41) is 3.25. The zero-order chi connectivity index (χ0) is 8.44. The van der Waals surface area contributed by atoms with Crippen molar-refractivity contribution in [1.82, 2.24) is 5.32 Å². The minimum absolute atomic E-state index is 0.334. The summed E-state index contributed by atoms with van der Waals surface area (Å²) in [6.07, 6.45) is 10.7. The molecule has 0 saturated carbocycles. The average molecular weight is 163 g/mol. The summed E-state index contributed by atoms with van der Waals surface area (Å²) in [5.74, 6) is 0.334. The van der Waals surface area contributed by atoms with Crippen LogP contribution in [0.25, 0.3) is 0 Å². The van der Waals surface area contributed by atoms with E-state index in [1.165, 1.54) is 0 Å². The summed E-state index contributed by atoms with van der Waals surface area (Å²) >= 11 is 0. The van der Waals surface area contributed by atoms with Crippen molar-refractivity contribution < 1.29 is 4.79 Å². The highest BCUT2D eigenvalue weighted by Crippen LogP contribution is 2.23. The number of hydrogen-bond acceptors (Lipinski definition) is 2. The predicted molar refractivity (Wildman–Crippen MR) is 47.9 cm³/mol. The van der Waals surface area contributed by atoms with E-state index < -0.39 is 0 Å². The van der Waals surface area contributed by atoms with Crippen molar-refractivity contribution in [2.75, 3.05) is 6.54 Å². The van der Waals surface area contributed by atoms with Gasteiger partial charge in [0.1, 0.15) is 0 Å². The van der Waals surface area contributed by atoms with E-state index in [0.717, 1.165) is 19.4 Å². The number of Topliss-reactive ketones (excluding diaryl/α,β-unsaturated/α-hetero) is 1. The van der Waals surface area contributed by atoms with Gasteiger partial charge in [-0.3, -0.25) is 10.1 Å². The van der Waals surface area contributed by atoms with Crippen LogP contribution in [0.15, 0.2) is 24.3 Å². The molecular formula is C10H13NO. The first-order valence-electron chi connectivity index (χ1n) is 4.44. The lowest BCUT2D eigenvalue weighted by Crippen LogP contribution is -2.46. The van der Waals surface area contributed by atoms with Crippen LogP contribution in [0.5, 0.6) is 0 Å². The van der Waals surface area contributed by atoms with Crippen LogP contribution in [-0.2, 0) is 4.79 Å². The van der Waals surface area contributed by atoms with Gasteiger partial charge in [0.2, 0.25) is 0 Å². The van der Waals surface area contributed by atoms with E-state index in [1.54, 1.807) is 0 Å². The number of rotatable bonds is 0. The first-order valence-corrected chi connectivity index (χ1v) is 4.44. The van der Waals surface area contributed by atoms with E-state index in [0.29, 0.717) is 12.2 Å². The van der Waals surface area contributed by atoms with Crippen LogP contribution in [0.3, 0.4) is 0 Å². The predicted octanol–water partition coefficient (Wildman–Crippen LogP) is 1.19. The van der Waals surface area contributed by atoms with Gasteiger partial charge in [-0.1, -0.05) is 24.3 Å². The summed E-state index contributed by atoms with van der Waals surface area (Å²) in [6.45, 7) is 0.833. The Labute approximate surface area is 72.3 Å². The normalized spacial score (nSPS) is 34.5. The number of nitrogens with one attached hydrogen (secondary N) is 1. The molecule has 1 spiro atoms. The molecule has 1 atom stereocenters. The van der Waals surface area contributed by atoms with Crippen LogP contribution in [0.4, 0.5) is 0 Å². The summed E-state index contributed by atoms with van der Waals surface area (Å²) in [6, 6.07) is 0. The molecule has 1 aliphatic carbocycles. The second-order valence-corrected chi connectivity index (χ2v) is 3.39. The second kappa shape index (κ2) is 2.87. The van der Waals surface area contributed by atoms with Gasteiger partial charge in [-0.05, 0) is 12.8 Å². The minimum Gasteiger partial charge on any atom is -0.298 e. The van der Waals surface area contributed by atoms with Crippen molar-refractivity contribution in [2.45, 2.75) is 24.8 Å². The van der Waals surface area contributed by atoms with Gasteiger partial charge in [0.15, 0.2) is 5.78 Å². The molecule has 2 rings (SSSR count). The molecule has 2 aliphatic rings. The molecule has 0 aromatic rings. The smallest absolute Gasteiger partial charge is 0.157 e.